The van der Waals surface area contributed by atoms with Crippen molar-refractivity contribution in [3.05, 3.63) is 48.5 Å². The molecule has 0 amide bonds. The Morgan fingerprint density at radius 1 is 1.25 bits per heavy atom. The lowest BCUT2D eigenvalue weighted by Crippen LogP contribution is -1.95. The number of hydrogen-bond donors (Lipinski definition) is 0. The van der Waals surface area contributed by atoms with Crippen LogP contribution in [0, 0.1) is 0 Å². The summed E-state index contributed by atoms with van der Waals surface area (Å²) in [5.41, 5.74) is 3.78. The van der Waals surface area contributed by atoms with Crippen molar-refractivity contribution in [1.82, 2.24) is 24.3 Å². The molecular formula is C16H15N5OS2. The van der Waals surface area contributed by atoms with E-state index in [1.165, 1.54) is 11.3 Å². The summed E-state index contributed by atoms with van der Waals surface area (Å²) in [5, 5.41) is 4.37. The van der Waals surface area contributed by atoms with Crippen molar-refractivity contribution >= 4 is 32.4 Å². The first-order chi connectivity index (χ1) is 11.6. The van der Waals surface area contributed by atoms with Crippen LogP contribution in [0.5, 0.6) is 0 Å². The Morgan fingerprint density at radius 2 is 2.12 bits per heavy atom. The molecule has 6 nitrogen and oxygen atoms in total. The van der Waals surface area contributed by atoms with E-state index in [-0.39, 0.29) is 0 Å². The van der Waals surface area contributed by atoms with Crippen LogP contribution in [0.3, 0.4) is 0 Å². The lowest BCUT2D eigenvalue weighted by atomic mass is 10.2. The summed E-state index contributed by atoms with van der Waals surface area (Å²) in [5.74, 6) is 0. The summed E-state index contributed by atoms with van der Waals surface area (Å²) in [4.78, 5) is 8.82. The largest absolute Gasteiger partial charge is 0.332 e. The van der Waals surface area contributed by atoms with E-state index in [4.69, 9.17) is 0 Å². The summed E-state index contributed by atoms with van der Waals surface area (Å²) >= 11 is 1.49. The van der Waals surface area contributed by atoms with Gasteiger partial charge in [0.15, 0.2) is 4.34 Å². The molecule has 1 unspecified atom stereocenters. The van der Waals surface area contributed by atoms with Crippen molar-refractivity contribution in [2.75, 3.05) is 6.26 Å². The van der Waals surface area contributed by atoms with Gasteiger partial charge in [-0.2, -0.15) is 5.10 Å². The van der Waals surface area contributed by atoms with E-state index in [9.17, 15) is 4.21 Å². The maximum absolute atomic E-state index is 11.6. The predicted octanol–water partition coefficient (Wildman–Crippen LogP) is 2.68. The van der Waals surface area contributed by atoms with Crippen molar-refractivity contribution in [1.29, 1.82) is 0 Å². The van der Waals surface area contributed by atoms with Gasteiger partial charge in [-0.05, 0) is 23.8 Å². The highest BCUT2D eigenvalue weighted by atomic mass is 32.2. The van der Waals surface area contributed by atoms with Gasteiger partial charge in [-0.3, -0.25) is 8.89 Å². The fraction of sp³-hybridized carbons (Fsp3) is 0.188. The first kappa shape index (κ1) is 15.2. The number of aryl methyl sites for hydroxylation is 1. The van der Waals surface area contributed by atoms with Crippen molar-refractivity contribution in [3.8, 4) is 11.4 Å². The molecule has 1 aromatic carbocycles. The molecule has 122 valence electrons. The van der Waals surface area contributed by atoms with Gasteiger partial charge in [-0.25, -0.2) is 9.97 Å². The first-order valence-corrected chi connectivity index (χ1v) is 9.70. The van der Waals surface area contributed by atoms with E-state index in [0.29, 0.717) is 4.34 Å². The Morgan fingerprint density at radius 3 is 2.88 bits per heavy atom. The van der Waals surface area contributed by atoms with Gasteiger partial charge >= 0.3 is 0 Å². The lowest BCUT2D eigenvalue weighted by Gasteiger charge is -2.02. The van der Waals surface area contributed by atoms with Gasteiger partial charge in [-0.1, -0.05) is 6.07 Å². The topological polar surface area (TPSA) is 65.6 Å². The zero-order valence-corrected chi connectivity index (χ0v) is 14.8. The van der Waals surface area contributed by atoms with Crippen LogP contribution in [0.1, 0.15) is 5.56 Å². The third kappa shape index (κ3) is 2.90. The van der Waals surface area contributed by atoms with Gasteiger partial charge < -0.3 is 4.57 Å². The van der Waals surface area contributed by atoms with Gasteiger partial charge in [0.25, 0.3) is 0 Å². The zero-order chi connectivity index (χ0) is 16.7. The third-order valence-electron chi connectivity index (χ3n) is 3.65. The Kier molecular flexibility index (Phi) is 3.78. The fourth-order valence-electron chi connectivity index (χ4n) is 2.51. The highest BCUT2D eigenvalue weighted by Crippen LogP contribution is 2.25. The lowest BCUT2D eigenvalue weighted by molar-refractivity contribution is 0.686. The average molecular weight is 357 g/mol. The molecule has 0 radical (unpaired) electrons. The Balaban J connectivity index is 1.60. The maximum atomic E-state index is 11.6. The summed E-state index contributed by atoms with van der Waals surface area (Å²) in [6.45, 7) is 0.720. The van der Waals surface area contributed by atoms with Gasteiger partial charge in [0, 0.05) is 32.2 Å². The maximum Gasteiger partial charge on any atom is 0.181 e. The minimum absolute atomic E-state index is 0.669. The first-order valence-electron chi connectivity index (χ1n) is 7.33. The SMILES string of the molecule is Cn1ccc(-c2cn(Cc3ccc4nc(S(C)=O)sc4c3)cn2)n1. The Labute approximate surface area is 145 Å². The van der Waals surface area contributed by atoms with Crippen molar-refractivity contribution in [3.63, 3.8) is 0 Å². The molecule has 0 aliphatic rings. The number of benzene rings is 1. The van der Waals surface area contributed by atoms with Crippen LogP contribution >= 0.6 is 11.3 Å². The van der Waals surface area contributed by atoms with Crippen LogP contribution in [0.15, 0.2) is 47.3 Å². The molecule has 3 aromatic heterocycles. The number of fused-ring (bicyclic) bond motifs is 1. The van der Waals surface area contributed by atoms with Gasteiger partial charge in [-0.15, -0.1) is 11.3 Å². The molecule has 0 spiro atoms. The third-order valence-corrected chi connectivity index (χ3v) is 6.00. The molecule has 0 N–H and O–H groups in total. The number of aromatic nitrogens is 5. The predicted molar refractivity (Wildman–Crippen MR) is 95.5 cm³/mol. The van der Waals surface area contributed by atoms with Crippen LogP contribution in [0.25, 0.3) is 21.6 Å². The van der Waals surface area contributed by atoms with E-state index < -0.39 is 10.8 Å². The molecule has 4 aromatic rings. The van der Waals surface area contributed by atoms with Crippen LogP contribution in [-0.2, 0) is 24.4 Å². The molecule has 24 heavy (non-hydrogen) atoms. The molecule has 0 saturated carbocycles. The number of hydrogen-bond acceptors (Lipinski definition) is 5. The minimum Gasteiger partial charge on any atom is -0.332 e. The molecule has 3 heterocycles. The van der Waals surface area contributed by atoms with Crippen molar-refractivity contribution in [2.24, 2.45) is 7.05 Å². The zero-order valence-electron chi connectivity index (χ0n) is 13.2. The van der Waals surface area contributed by atoms with Crippen molar-refractivity contribution in [2.45, 2.75) is 10.9 Å². The molecule has 0 aliphatic heterocycles. The minimum atomic E-state index is -1.04. The van der Waals surface area contributed by atoms with Gasteiger partial charge in [0.1, 0.15) is 11.4 Å². The van der Waals surface area contributed by atoms with Crippen LogP contribution in [-0.4, -0.2) is 34.8 Å². The molecule has 1 atom stereocenters. The second-order valence-corrected chi connectivity index (χ2v) is 8.13. The van der Waals surface area contributed by atoms with Crippen molar-refractivity contribution < 1.29 is 4.21 Å². The van der Waals surface area contributed by atoms with Crippen LogP contribution in [0.4, 0.5) is 0 Å². The number of nitrogens with zero attached hydrogens (tertiary/aromatic N) is 5. The fourth-order valence-corrected chi connectivity index (χ4v) is 4.24. The van der Waals surface area contributed by atoms with E-state index in [0.717, 1.165) is 33.7 Å². The molecule has 0 fully saturated rings. The number of thiazole rings is 1. The van der Waals surface area contributed by atoms with Crippen LogP contribution in [0.2, 0.25) is 0 Å². The average Bonchev–Trinajstić information content (AvgIpc) is 3.25. The highest BCUT2D eigenvalue weighted by molar-refractivity contribution is 7.86. The van der Waals surface area contributed by atoms with Gasteiger partial charge in [0.05, 0.1) is 27.3 Å². The monoisotopic (exact) mass is 357 g/mol. The summed E-state index contributed by atoms with van der Waals surface area (Å²) < 4.78 is 17.1. The Bertz CT molecular complexity index is 1050. The summed E-state index contributed by atoms with van der Waals surface area (Å²) in [6, 6.07) is 8.07. The summed E-state index contributed by atoms with van der Waals surface area (Å²) in [6.07, 6.45) is 7.36. The quantitative estimate of drug-likeness (QED) is 0.563. The molecule has 8 heteroatoms. The van der Waals surface area contributed by atoms with Gasteiger partial charge in [0.2, 0.25) is 0 Å². The number of rotatable bonds is 4. The number of imidazole rings is 1. The molecular weight excluding hydrogens is 342 g/mol. The van der Waals surface area contributed by atoms with E-state index in [2.05, 4.69) is 21.1 Å². The smallest absolute Gasteiger partial charge is 0.181 e. The normalized spacial score (nSPS) is 12.8. The standard InChI is InChI=1S/C16H15N5OS2/c1-20-6-5-12(19-20)14-9-21(10-17-14)8-11-3-4-13-15(7-11)23-16(18-13)24(2)22/h3-7,9-10H,8H2,1-2H3. The summed E-state index contributed by atoms with van der Waals surface area (Å²) in [7, 11) is 0.852. The van der Waals surface area contributed by atoms with E-state index >= 15 is 0 Å². The Hall–Kier alpha value is -2.32. The molecule has 0 bridgehead atoms. The second-order valence-electron chi connectivity index (χ2n) is 5.54. The molecule has 4 rings (SSSR count). The van der Waals surface area contributed by atoms with Crippen LogP contribution < -0.4 is 0 Å². The molecule has 0 saturated heterocycles. The molecule has 0 aliphatic carbocycles. The van der Waals surface area contributed by atoms with E-state index in [1.54, 1.807) is 10.9 Å². The van der Waals surface area contributed by atoms with E-state index in [1.807, 2.05) is 48.5 Å². The second kappa shape index (κ2) is 5.95. The highest BCUT2D eigenvalue weighted by Gasteiger charge is 2.09.